The molecule has 0 amide bonds. The van der Waals surface area contributed by atoms with E-state index in [-0.39, 0.29) is 5.75 Å². The molecule has 0 aromatic carbocycles. The van der Waals surface area contributed by atoms with Crippen molar-refractivity contribution in [2.24, 2.45) is 0 Å². The summed E-state index contributed by atoms with van der Waals surface area (Å²) in [5.74, 6) is 0.149. The van der Waals surface area contributed by atoms with Crippen LogP contribution in [0, 0.1) is 0 Å². The zero-order chi connectivity index (χ0) is 15.7. The largest absolute Gasteiger partial charge is 0.381 e. The summed E-state index contributed by atoms with van der Waals surface area (Å²) in [6.45, 7) is 0.728. The Labute approximate surface area is 124 Å². The molecule has 0 saturated carbocycles. The van der Waals surface area contributed by atoms with Gasteiger partial charge in [0, 0.05) is 13.1 Å². The third-order valence-corrected chi connectivity index (χ3v) is 4.72. The van der Waals surface area contributed by atoms with Crippen molar-refractivity contribution in [2.75, 3.05) is 25.6 Å². The Hall–Kier alpha value is -1.45. The summed E-state index contributed by atoms with van der Waals surface area (Å²) >= 11 is 0. The minimum Gasteiger partial charge on any atom is -0.381 e. The highest BCUT2D eigenvalue weighted by atomic mass is 32.2. The van der Waals surface area contributed by atoms with E-state index in [1.54, 1.807) is 6.07 Å². The monoisotopic (exact) mass is 332 g/mol. The van der Waals surface area contributed by atoms with Gasteiger partial charge in [0.05, 0.1) is 24.4 Å². The minimum atomic E-state index is -3.57. The summed E-state index contributed by atoms with van der Waals surface area (Å²) in [5.41, 5.74) is 1.62. The molecule has 0 unspecified atom stereocenters. The minimum absolute atomic E-state index is 0.149. The fraction of sp³-hybridized carbons (Fsp3) is 0.417. The summed E-state index contributed by atoms with van der Waals surface area (Å²) in [6.07, 6.45) is 5.85. The van der Waals surface area contributed by atoms with Gasteiger partial charge in [0.25, 0.3) is 0 Å². The van der Waals surface area contributed by atoms with Gasteiger partial charge in [-0.1, -0.05) is 6.08 Å². The van der Waals surface area contributed by atoms with Crippen LogP contribution >= 0.6 is 0 Å². The zero-order valence-electron chi connectivity index (χ0n) is 11.7. The van der Waals surface area contributed by atoms with Crippen LogP contribution in [0.25, 0.3) is 5.57 Å². The van der Waals surface area contributed by atoms with E-state index in [1.807, 2.05) is 6.08 Å². The third-order valence-electron chi connectivity index (χ3n) is 2.95. The predicted molar refractivity (Wildman–Crippen MR) is 78.7 cm³/mol. The average Bonchev–Trinajstić information content (AvgIpc) is 2.37. The quantitative estimate of drug-likeness (QED) is 0.744. The van der Waals surface area contributed by atoms with Crippen LogP contribution in [0.4, 0.5) is 0 Å². The molecule has 21 heavy (non-hydrogen) atoms. The summed E-state index contributed by atoms with van der Waals surface area (Å²) in [7, 11) is -6.74. The lowest BCUT2D eigenvalue weighted by Crippen LogP contribution is -2.33. The van der Waals surface area contributed by atoms with Crippen LogP contribution in [0.15, 0.2) is 24.4 Å². The second kappa shape index (κ2) is 5.74. The van der Waals surface area contributed by atoms with E-state index in [9.17, 15) is 16.8 Å². The lowest BCUT2D eigenvalue weighted by Gasteiger charge is -2.23. The van der Waals surface area contributed by atoms with Crippen molar-refractivity contribution in [2.45, 2.75) is 6.42 Å². The third kappa shape index (κ3) is 4.51. The van der Waals surface area contributed by atoms with E-state index in [1.165, 1.54) is 22.8 Å². The van der Waals surface area contributed by atoms with E-state index >= 15 is 0 Å². The number of rotatable bonds is 4. The molecule has 0 radical (unpaired) electrons. The number of nitrogens with zero attached hydrogens (tertiary/aromatic N) is 2. The smallest absolute Gasteiger partial charge is 0.306 e. The van der Waals surface area contributed by atoms with Gasteiger partial charge in [-0.05, 0) is 24.1 Å². The maximum Gasteiger partial charge on any atom is 0.306 e. The van der Waals surface area contributed by atoms with Crippen LogP contribution in [0.3, 0.4) is 0 Å². The lowest BCUT2D eigenvalue weighted by molar-refractivity contribution is 0.445. The number of hydrogen-bond acceptors (Lipinski definition) is 6. The fourth-order valence-corrected chi connectivity index (χ4v) is 3.20. The van der Waals surface area contributed by atoms with Crippen molar-refractivity contribution in [3.05, 3.63) is 30.1 Å². The predicted octanol–water partition coefficient (Wildman–Crippen LogP) is 0.469. The van der Waals surface area contributed by atoms with Gasteiger partial charge >= 0.3 is 10.1 Å². The normalized spacial score (nSPS) is 17.3. The maximum absolute atomic E-state index is 11.4. The molecule has 7 nitrogen and oxygen atoms in total. The van der Waals surface area contributed by atoms with Crippen molar-refractivity contribution in [1.29, 1.82) is 0 Å². The molecule has 1 aromatic rings. The molecule has 0 fully saturated rings. The Morgan fingerprint density at radius 1 is 1.19 bits per heavy atom. The molecule has 116 valence electrons. The highest BCUT2D eigenvalue weighted by Gasteiger charge is 2.20. The molecule has 0 saturated heterocycles. The first kappa shape index (κ1) is 15.9. The molecule has 2 rings (SSSR count). The average molecular weight is 332 g/mol. The highest BCUT2D eigenvalue weighted by Crippen LogP contribution is 2.23. The van der Waals surface area contributed by atoms with E-state index < -0.39 is 20.1 Å². The number of hydrogen-bond donors (Lipinski definition) is 0. The van der Waals surface area contributed by atoms with Crippen LogP contribution in [-0.2, 0) is 20.1 Å². The molecular weight excluding hydrogens is 316 g/mol. The molecule has 0 atom stereocenters. The van der Waals surface area contributed by atoms with Gasteiger partial charge in [-0.15, -0.1) is 0 Å². The Balaban J connectivity index is 2.12. The van der Waals surface area contributed by atoms with E-state index in [4.69, 9.17) is 4.18 Å². The van der Waals surface area contributed by atoms with Gasteiger partial charge in [0.15, 0.2) is 5.75 Å². The van der Waals surface area contributed by atoms with Gasteiger partial charge in [-0.3, -0.25) is 4.98 Å². The van der Waals surface area contributed by atoms with Crippen LogP contribution < -0.4 is 4.18 Å². The van der Waals surface area contributed by atoms with Crippen LogP contribution in [0.1, 0.15) is 12.1 Å². The maximum atomic E-state index is 11.4. The van der Waals surface area contributed by atoms with Gasteiger partial charge in [-0.25, -0.2) is 8.42 Å². The molecule has 1 aliphatic heterocycles. The second-order valence-electron chi connectivity index (χ2n) is 4.77. The Kier molecular flexibility index (Phi) is 4.35. The Morgan fingerprint density at radius 3 is 2.33 bits per heavy atom. The molecule has 1 aliphatic rings. The first-order chi connectivity index (χ1) is 9.65. The van der Waals surface area contributed by atoms with E-state index in [0.717, 1.165) is 11.8 Å². The van der Waals surface area contributed by atoms with Gasteiger partial charge in [-0.2, -0.15) is 12.7 Å². The molecule has 1 aromatic heterocycles. The molecule has 2 heterocycles. The lowest BCUT2D eigenvalue weighted by atomic mass is 10.1. The highest BCUT2D eigenvalue weighted by molar-refractivity contribution is 7.88. The Bertz CT molecular complexity index is 751. The molecular formula is C12H16N2O5S2. The van der Waals surface area contributed by atoms with Gasteiger partial charge in [0.1, 0.15) is 0 Å². The summed E-state index contributed by atoms with van der Waals surface area (Å²) < 4.78 is 50.9. The molecule has 0 aliphatic carbocycles. The van der Waals surface area contributed by atoms with Crippen molar-refractivity contribution in [3.8, 4) is 5.75 Å². The number of aromatic nitrogens is 1. The molecule has 9 heteroatoms. The van der Waals surface area contributed by atoms with Crippen molar-refractivity contribution < 1.29 is 21.0 Å². The van der Waals surface area contributed by atoms with Crippen LogP contribution in [0.5, 0.6) is 5.75 Å². The summed E-state index contributed by atoms with van der Waals surface area (Å²) in [6, 6.07) is 3.18. The second-order valence-corrected chi connectivity index (χ2v) is 8.32. The molecule has 0 bridgehead atoms. The van der Waals surface area contributed by atoms with Crippen molar-refractivity contribution in [3.63, 3.8) is 0 Å². The zero-order valence-corrected chi connectivity index (χ0v) is 13.3. The van der Waals surface area contributed by atoms with Gasteiger partial charge in [0.2, 0.25) is 10.0 Å². The standard InChI is InChI=1S/C12H16N2O5S2/c1-20(15,16)14-7-5-10(6-8-14)12-4-3-11(9-13-12)19-21(2,17)18/h3-5,9H,6-8H2,1-2H3. The summed E-state index contributed by atoms with van der Waals surface area (Å²) in [4.78, 5) is 4.15. The summed E-state index contributed by atoms with van der Waals surface area (Å²) in [5, 5.41) is 0. The SMILES string of the molecule is CS(=O)(=O)Oc1ccc(C2=CCN(S(C)(=O)=O)CC2)nc1. The topological polar surface area (TPSA) is 93.6 Å². The van der Waals surface area contributed by atoms with E-state index in [2.05, 4.69) is 4.98 Å². The van der Waals surface area contributed by atoms with Crippen LogP contribution in [0.2, 0.25) is 0 Å². The number of sulfonamides is 1. The molecule has 0 spiro atoms. The molecule has 0 N–H and O–H groups in total. The van der Waals surface area contributed by atoms with E-state index in [0.29, 0.717) is 25.2 Å². The number of pyridine rings is 1. The Morgan fingerprint density at radius 2 is 1.90 bits per heavy atom. The first-order valence-corrected chi connectivity index (χ1v) is 9.82. The first-order valence-electron chi connectivity index (χ1n) is 6.15. The van der Waals surface area contributed by atoms with Gasteiger partial charge < -0.3 is 4.18 Å². The van der Waals surface area contributed by atoms with Crippen molar-refractivity contribution >= 4 is 25.7 Å². The van der Waals surface area contributed by atoms with Crippen molar-refractivity contribution in [1.82, 2.24) is 9.29 Å². The fourth-order valence-electron chi connectivity index (χ4n) is 1.98. The van der Waals surface area contributed by atoms with Crippen LogP contribution in [-0.4, -0.2) is 51.7 Å².